The number of hydrogen-bond donors (Lipinski definition) is 1. The molecule has 0 rings (SSSR count). The quantitative estimate of drug-likeness (QED) is 0.579. The summed E-state index contributed by atoms with van der Waals surface area (Å²) in [6.45, 7) is 2.56. The Morgan fingerprint density at radius 2 is 2.23 bits per heavy atom. The number of amides is 1. The number of halogens is 1. The second-order valence-electron chi connectivity index (χ2n) is 2.80. The van der Waals surface area contributed by atoms with Crippen LogP contribution in [0.4, 0.5) is 0 Å². The molecule has 1 amide bonds. The molecule has 0 heterocycles. The summed E-state index contributed by atoms with van der Waals surface area (Å²) in [4.78, 5) is 11.1. The molecule has 2 atom stereocenters. The van der Waals surface area contributed by atoms with Crippen molar-refractivity contribution in [1.82, 2.24) is 5.32 Å². The van der Waals surface area contributed by atoms with Crippen LogP contribution in [0.2, 0.25) is 0 Å². The van der Waals surface area contributed by atoms with Crippen molar-refractivity contribution in [2.75, 3.05) is 18.6 Å². The van der Waals surface area contributed by atoms with Gasteiger partial charge in [0.2, 0.25) is 5.91 Å². The Labute approximate surface area is 90.2 Å². The molecule has 0 aromatic carbocycles. The van der Waals surface area contributed by atoms with Gasteiger partial charge in [0.25, 0.3) is 0 Å². The lowest BCUT2D eigenvalue weighted by atomic mass is 10.3. The van der Waals surface area contributed by atoms with Crippen LogP contribution in [0.25, 0.3) is 0 Å². The Morgan fingerprint density at radius 1 is 1.62 bits per heavy atom. The fourth-order valence-electron chi connectivity index (χ4n) is 0.783. The highest BCUT2D eigenvalue weighted by atomic mass is 79.9. The van der Waals surface area contributed by atoms with Crippen molar-refractivity contribution >= 4 is 32.6 Å². The number of hydrogen-bond acceptors (Lipinski definition) is 2. The predicted molar refractivity (Wildman–Crippen MR) is 59.6 cm³/mol. The van der Waals surface area contributed by atoms with E-state index in [1.807, 2.05) is 6.92 Å². The lowest BCUT2D eigenvalue weighted by Gasteiger charge is -2.07. The Balaban J connectivity index is 3.42. The van der Waals surface area contributed by atoms with Gasteiger partial charge in [-0.15, -0.1) is 0 Å². The molecule has 0 aromatic heterocycles. The van der Waals surface area contributed by atoms with Crippen LogP contribution in [0.3, 0.4) is 0 Å². The van der Waals surface area contributed by atoms with Gasteiger partial charge in [-0.2, -0.15) is 0 Å². The molecule has 2 unspecified atom stereocenters. The number of alkyl halides is 1. The van der Waals surface area contributed by atoms with E-state index in [-0.39, 0.29) is 10.7 Å². The molecule has 0 aromatic rings. The third-order valence-electron chi connectivity index (χ3n) is 1.55. The molecule has 0 saturated carbocycles. The van der Waals surface area contributed by atoms with Gasteiger partial charge in [-0.1, -0.05) is 22.9 Å². The van der Waals surface area contributed by atoms with Crippen molar-refractivity contribution < 1.29 is 9.00 Å². The average Bonchev–Trinajstić information content (AvgIpc) is 2.10. The molecule has 0 fully saturated rings. The molecule has 0 bridgehead atoms. The van der Waals surface area contributed by atoms with Gasteiger partial charge in [0.1, 0.15) is 0 Å². The molecule has 1 N–H and O–H groups in total. The molecule has 0 aliphatic rings. The number of nitrogens with one attached hydrogen (secondary N) is 1. The standard InChI is InChI=1S/C8H16BrNO2S/c1-3-7(9)8(11)10-5-4-6-13(2)12/h7H,3-6H2,1-2H3,(H,10,11). The summed E-state index contributed by atoms with van der Waals surface area (Å²) in [5.41, 5.74) is 0. The summed E-state index contributed by atoms with van der Waals surface area (Å²) in [6, 6.07) is 0. The van der Waals surface area contributed by atoms with Gasteiger partial charge >= 0.3 is 0 Å². The number of carbonyl (C=O) groups is 1. The van der Waals surface area contributed by atoms with Crippen LogP contribution in [0.5, 0.6) is 0 Å². The Kier molecular flexibility index (Phi) is 7.56. The van der Waals surface area contributed by atoms with Crippen LogP contribution in [0.1, 0.15) is 19.8 Å². The highest BCUT2D eigenvalue weighted by Crippen LogP contribution is 2.03. The maximum absolute atomic E-state index is 11.2. The Bertz CT molecular complexity index is 187. The number of rotatable bonds is 6. The van der Waals surface area contributed by atoms with Crippen molar-refractivity contribution in [2.24, 2.45) is 0 Å². The van der Waals surface area contributed by atoms with Gasteiger partial charge in [0, 0.05) is 29.4 Å². The second-order valence-corrected chi connectivity index (χ2v) is 5.46. The van der Waals surface area contributed by atoms with Crippen LogP contribution >= 0.6 is 15.9 Å². The summed E-state index contributed by atoms with van der Waals surface area (Å²) in [5.74, 6) is 0.670. The van der Waals surface area contributed by atoms with Gasteiger partial charge in [-0.05, 0) is 12.8 Å². The van der Waals surface area contributed by atoms with Gasteiger partial charge in [0.15, 0.2) is 0 Å². The summed E-state index contributed by atoms with van der Waals surface area (Å²) < 4.78 is 10.7. The molecule has 3 nitrogen and oxygen atoms in total. The van der Waals surface area contributed by atoms with E-state index >= 15 is 0 Å². The van der Waals surface area contributed by atoms with Gasteiger partial charge in [-0.25, -0.2) is 0 Å². The van der Waals surface area contributed by atoms with E-state index in [0.29, 0.717) is 12.3 Å². The van der Waals surface area contributed by atoms with Crippen LogP contribution in [-0.2, 0) is 15.6 Å². The van der Waals surface area contributed by atoms with E-state index in [0.717, 1.165) is 12.8 Å². The molecule has 0 aliphatic carbocycles. The van der Waals surface area contributed by atoms with Crippen LogP contribution < -0.4 is 5.32 Å². The third-order valence-corrected chi connectivity index (χ3v) is 3.48. The normalized spacial score (nSPS) is 15.0. The van der Waals surface area contributed by atoms with Crippen molar-refractivity contribution in [3.63, 3.8) is 0 Å². The predicted octanol–water partition coefficient (Wildman–Crippen LogP) is 1.04. The Morgan fingerprint density at radius 3 is 2.69 bits per heavy atom. The second kappa shape index (κ2) is 7.50. The first kappa shape index (κ1) is 13.1. The van der Waals surface area contributed by atoms with Crippen molar-refractivity contribution in [3.05, 3.63) is 0 Å². The summed E-state index contributed by atoms with van der Waals surface area (Å²) in [6.07, 6.45) is 3.23. The van der Waals surface area contributed by atoms with E-state index in [1.165, 1.54) is 0 Å². The largest absolute Gasteiger partial charge is 0.355 e. The molecule has 13 heavy (non-hydrogen) atoms. The molecular weight excluding hydrogens is 254 g/mol. The topological polar surface area (TPSA) is 46.2 Å². The monoisotopic (exact) mass is 269 g/mol. The van der Waals surface area contributed by atoms with E-state index < -0.39 is 10.8 Å². The lowest BCUT2D eigenvalue weighted by Crippen LogP contribution is -2.31. The van der Waals surface area contributed by atoms with E-state index in [9.17, 15) is 9.00 Å². The minimum atomic E-state index is -0.756. The van der Waals surface area contributed by atoms with E-state index in [4.69, 9.17) is 0 Å². The maximum Gasteiger partial charge on any atom is 0.233 e. The molecule has 5 heteroatoms. The van der Waals surface area contributed by atoms with E-state index in [1.54, 1.807) is 6.26 Å². The first-order chi connectivity index (χ1) is 6.07. The van der Waals surface area contributed by atoms with Gasteiger partial charge in [0.05, 0.1) is 4.83 Å². The zero-order valence-electron chi connectivity index (χ0n) is 8.01. The average molecular weight is 270 g/mol. The summed E-state index contributed by atoms with van der Waals surface area (Å²) in [5, 5.41) is 2.77. The molecule has 0 aliphatic heterocycles. The number of carbonyl (C=O) groups excluding carboxylic acids is 1. The maximum atomic E-state index is 11.2. The molecule has 78 valence electrons. The van der Waals surface area contributed by atoms with Gasteiger partial charge in [-0.3, -0.25) is 9.00 Å². The smallest absolute Gasteiger partial charge is 0.233 e. The first-order valence-electron chi connectivity index (χ1n) is 4.29. The minimum absolute atomic E-state index is 0.0179. The fourth-order valence-corrected chi connectivity index (χ4v) is 1.50. The SMILES string of the molecule is CCC(Br)C(=O)NCCCS(C)=O. The zero-order chi connectivity index (χ0) is 10.3. The summed E-state index contributed by atoms with van der Waals surface area (Å²) >= 11 is 3.25. The highest BCUT2D eigenvalue weighted by molar-refractivity contribution is 9.10. The fraction of sp³-hybridized carbons (Fsp3) is 0.875. The first-order valence-corrected chi connectivity index (χ1v) is 6.94. The van der Waals surface area contributed by atoms with Gasteiger partial charge < -0.3 is 5.32 Å². The summed E-state index contributed by atoms with van der Waals surface area (Å²) in [7, 11) is -0.756. The van der Waals surface area contributed by atoms with Crippen molar-refractivity contribution in [2.45, 2.75) is 24.6 Å². The lowest BCUT2D eigenvalue weighted by molar-refractivity contribution is -0.120. The molecular formula is C8H16BrNO2S. The van der Waals surface area contributed by atoms with Crippen LogP contribution in [0, 0.1) is 0 Å². The van der Waals surface area contributed by atoms with Crippen molar-refractivity contribution in [1.29, 1.82) is 0 Å². The van der Waals surface area contributed by atoms with Crippen LogP contribution in [0.15, 0.2) is 0 Å². The van der Waals surface area contributed by atoms with Crippen LogP contribution in [-0.4, -0.2) is 33.5 Å². The molecule has 0 spiro atoms. The third kappa shape index (κ3) is 7.19. The van der Waals surface area contributed by atoms with Crippen molar-refractivity contribution in [3.8, 4) is 0 Å². The Hall–Kier alpha value is 0.1000. The molecule has 0 radical (unpaired) electrons. The molecule has 0 saturated heterocycles. The minimum Gasteiger partial charge on any atom is -0.355 e. The van der Waals surface area contributed by atoms with E-state index in [2.05, 4.69) is 21.2 Å². The zero-order valence-corrected chi connectivity index (χ0v) is 10.4. The highest BCUT2D eigenvalue weighted by Gasteiger charge is 2.10.